The molecule has 158 valence electrons. The standard InChI is InChI=1S/C22H21F3N2O2S/c1-29-20-10-9-16-5-2-3-8-19(16)21(20)30(28)27-13-11-26(12-14-27)18-7-4-6-17(15-18)22(23,24)25/h2-10,15H,11-14H2,1H3. The molecule has 0 bridgehead atoms. The summed E-state index contributed by atoms with van der Waals surface area (Å²) in [5.74, 6) is 0.562. The summed E-state index contributed by atoms with van der Waals surface area (Å²) in [7, 11) is 0.108. The van der Waals surface area contributed by atoms with Gasteiger partial charge in [0, 0.05) is 37.3 Å². The fraction of sp³-hybridized carbons (Fsp3) is 0.273. The molecule has 0 aromatic heterocycles. The molecule has 1 unspecified atom stereocenters. The molecule has 3 aromatic carbocycles. The maximum Gasteiger partial charge on any atom is 0.416 e. The Kier molecular flexibility index (Phi) is 5.71. The van der Waals surface area contributed by atoms with Crippen LogP contribution >= 0.6 is 0 Å². The molecule has 4 nitrogen and oxygen atoms in total. The number of hydrogen-bond donors (Lipinski definition) is 0. The van der Waals surface area contributed by atoms with Gasteiger partial charge in [-0.1, -0.05) is 36.4 Å². The molecule has 0 aliphatic carbocycles. The molecule has 0 spiro atoms. The number of methoxy groups -OCH3 is 1. The highest BCUT2D eigenvalue weighted by Crippen LogP contribution is 2.34. The second kappa shape index (κ2) is 8.28. The van der Waals surface area contributed by atoms with Crippen molar-refractivity contribution in [3.8, 4) is 5.75 Å². The van der Waals surface area contributed by atoms with E-state index in [0.29, 0.717) is 42.5 Å². The van der Waals surface area contributed by atoms with Crippen LogP contribution in [0.15, 0.2) is 65.6 Å². The van der Waals surface area contributed by atoms with Crippen LogP contribution < -0.4 is 9.64 Å². The van der Waals surface area contributed by atoms with Crippen molar-refractivity contribution in [1.82, 2.24) is 4.31 Å². The van der Waals surface area contributed by atoms with Crippen molar-refractivity contribution in [2.45, 2.75) is 11.1 Å². The lowest BCUT2D eigenvalue weighted by molar-refractivity contribution is -0.137. The molecular weight excluding hydrogens is 413 g/mol. The molecule has 1 aliphatic rings. The fourth-order valence-corrected chi connectivity index (χ4v) is 5.13. The van der Waals surface area contributed by atoms with E-state index >= 15 is 0 Å². The molecule has 1 saturated heterocycles. The maximum atomic E-state index is 13.4. The lowest BCUT2D eigenvalue weighted by Gasteiger charge is -2.35. The third kappa shape index (κ3) is 4.02. The molecule has 3 aromatic rings. The van der Waals surface area contributed by atoms with Crippen molar-refractivity contribution in [3.05, 3.63) is 66.2 Å². The lowest BCUT2D eigenvalue weighted by Crippen LogP contribution is -2.47. The smallest absolute Gasteiger partial charge is 0.416 e. The molecule has 1 fully saturated rings. The van der Waals surface area contributed by atoms with Gasteiger partial charge in [-0.25, -0.2) is 8.51 Å². The molecule has 1 heterocycles. The molecule has 0 saturated carbocycles. The molecule has 30 heavy (non-hydrogen) atoms. The first-order chi connectivity index (χ1) is 14.4. The number of fused-ring (bicyclic) bond motifs is 1. The highest BCUT2D eigenvalue weighted by molar-refractivity contribution is 7.83. The minimum Gasteiger partial charge on any atom is -0.495 e. The number of anilines is 1. The largest absolute Gasteiger partial charge is 0.495 e. The molecule has 0 radical (unpaired) electrons. The first-order valence-corrected chi connectivity index (χ1v) is 10.6. The zero-order valence-electron chi connectivity index (χ0n) is 16.4. The predicted octanol–water partition coefficient (Wildman–Crippen LogP) is 4.71. The van der Waals surface area contributed by atoms with Gasteiger partial charge in [-0.05, 0) is 29.7 Å². The average Bonchev–Trinajstić information content (AvgIpc) is 2.77. The van der Waals surface area contributed by atoms with Gasteiger partial charge in [0.1, 0.15) is 21.6 Å². The van der Waals surface area contributed by atoms with Crippen LogP contribution in [-0.4, -0.2) is 41.8 Å². The number of rotatable bonds is 4. The number of ether oxygens (including phenoxy) is 1. The van der Waals surface area contributed by atoms with E-state index in [1.54, 1.807) is 13.2 Å². The molecule has 0 N–H and O–H groups in total. The van der Waals surface area contributed by atoms with Crippen molar-refractivity contribution in [1.29, 1.82) is 0 Å². The highest BCUT2D eigenvalue weighted by atomic mass is 32.2. The second-order valence-corrected chi connectivity index (χ2v) is 8.45. The van der Waals surface area contributed by atoms with Gasteiger partial charge in [0.2, 0.25) is 0 Å². The summed E-state index contributed by atoms with van der Waals surface area (Å²) >= 11 is 0. The summed E-state index contributed by atoms with van der Waals surface area (Å²) in [6, 6.07) is 16.8. The Morgan fingerprint density at radius 3 is 2.37 bits per heavy atom. The average molecular weight is 434 g/mol. The zero-order valence-corrected chi connectivity index (χ0v) is 17.2. The van der Waals surface area contributed by atoms with Gasteiger partial charge in [-0.3, -0.25) is 0 Å². The van der Waals surface area contributed by atoms with Crippen LogP contribution in [0.3, 0.4) is 0 Å². The van der Waals surface area contributed by atoms with Gasteiger partial charge in [-0.2, -0.15) is 13.2 Å². The second-order valence-electron chi connectivity index (χ2n) is 7.03. The Morgan fingerprint density at radius 2 is 1.67 bits per heavy atom. The number of piperazine rings is 1. The van der Waals surface area contributed by atoms with E-state index in [1.807, 2.05) is 45.6 Å². The number of halogens is 3. The van der Waals surface area contributed by atoms with Crippen molar-refractivity contribution in [2.24, 2.45) is 0 Å². The lowest BCUT2D eigenvalue weighted by atomic mass is 10.1. The third-order valence-corrected chi connectivity index (χ3v) is 6.85. The van der Waals surface area contributed by atoms with Gasteiger partial charge in [-0.15, -0.1) is 0 Å². The Labute approximate surface area is 175 Å². The summed E-state index contributed by atoms with van der Waals surface area (Å²) in [5.41, 5.74) is -0.135. The molecule has 1 aliphatic heterocycles. The van der Waals surface area contributed by atoms with Crippen molar-refractivity contribution in [2.75, 3.05) is 38.2 Å². The topological polar surface area (TPSA) is 32.8 Å². The molecule has 8 heteroatoms. The molecule has 1 atom stereocenters. The van der Waals surface area contributed by atoms with E-state index < -0.39 is 22.7 Å². The van der Waals surface area contributed by atoms with Crippen molar-refractivity contribution in [3.63, 3.8) is 0 Å². The SMILES string of the molecule is COc1ccc2ccccc2c1S(=O)N1CCN(c2cccc(C(F)(F)F)c2)CC1. The zero-order chi connectivity index (χ0) is 21.3. The Hall–Kier alpha value is -2.58. The van der Waals surface area contributed by atoms with E-state index in [1.165, 1.54) is 12.1 Å². The van der Waals surface area contributed by atoms with E-state index in [0.717, 1.165) is 16.8 Å². The van der Waals surface area contributed by atoms with Gasteiger partial charge < -0.3 is 9.64 Å². The summed E-state index contributed by atoms with van der Waals surface area (Å²) in [6.45, 7) is 1.91. The van der Waals surface area contributed by atoms with Crippen LogP contribution in [0.4, 0.5) is 18.9 Å². The maximum absolute atomic E-state index is 13.4. The normalized spacial score (nSPS) is 16.6. The Bertz CT molecular complexity index is 1080. The predicted molar refractivity (Wildman–Crippen MR) is 112 cm³/mol. The van der Waals surface area contributed by atoms with Crippen molar-refractivity contribution < 1.29 is 22.1 Å². The van der Waals surface area contributed by atoms with Crippen molar-refractivity contribution >= 4 is 27.4 Å². The summed E-state index contributed by atoms with van der Waals surface area (Å²) < 4.78 is 59.8. The van der Waals surface area contributed by atoms with Gasteiger partial charge in [0.25, 0.3) is 0 Å². The quantitative estimate of drug-likeness (QED) is 0.596. The first-order valence-electron chi connectivity index (χ1n) is 9.53. The highest BCUT2D eigenvalue weighted by Gasteiger charge is 2.31. The van der Waals surface area contributed by atoms with Crippen LogP contribution in [0.2, 0.25) is 0 Å². The first kappa shape index (κ1) is 20.7. The third-order valence-electron chi connectivity index (χ3n) is 5.25. The Balaban J connectivity index is 1.54. The Morgan fingerprint density at radius 1 is 0.933 bits per heavy atom. The van der Waals surface area contributed by atoms with E-state index in [4.69, 9.17) is 4.74 Å². The summed E-state index contributed by atoms with van der Waals surface area (Å²) in [4.78, 5) is 2.52. The molecule has 4 rings (SSSR count). The number of benzene rings is 3. The summed E-state index contributed by atoms with van der Waals surface area (Å²) in [6.07, 6.45) is -4.37. The van der Waals surface area contributed by atoms with Crippen LogP contribution in [0.5, 0.6) is 5.75 Å². The van der Waals surface area contributed by atoms with Gasteiger partial charge in [0.05, 0.1) is 12.7 Å². The molecule has 0 amide bonds. The monoisotopic (exact) mass is 434 g/mol. The van der Waals surface area contributed by atoms with E-state index in [9.17, 15) is 17.4 Å². The van der Waals surface area contributed by atoms with E-state index in [-0.39, 0.29) is 0 Å². The van der Waals surface area contributed by atoms with Gasteiger partial charge in [0.15, 0.2) is 0 Å². The molecular formula is C22H21F3N2O2S. The van der Waals surface area contributed by atoms with Crippen LogP contribution in [0.25, 0.3) is 10.8 Å². The van der Waals surface area contributed by atoms with Crippen LogP contribution in [0.1, 0.15) is 5.56 Å². The number of nitrogens with zero attached hydrogens (tertiary/aromatic N) is 2. The van der Waals surface area contributed by atoms with Crippen LogP contribution in [-0.2, 0) is 17.2 Å². The van der Waals surface area contributed by atoms with E-state index in [2.05, 4.69) is 0 Å². The van der Waals surface area contributed by atoms with Gasteiger partial charge >= 0.3 is 6.18 Å². The number of alkyl halides is 3. The number of hydrogen-bond acceptors (Lipinski definition) is 3. The minimum atomic E-state index is -4.37. The minimum absolute atomic E-state index is 0.467. The summed E-state index contributed by atoms with van der Waals surface area (Å²) in [5, 5.41) is 1.85. The fourth-order valence-electron chi connectivity index (χ4n) is 3.68. The van der Waals surface area contributed by atoms with Crippen LogP contribution in [0, 0.1) is 0 Å².